The van der Waals surface area contributed by atoms with Gasteiger partial charge in [0.15, 0.2) is 6.61 Å². The lowest BCUT2D eigenvalue weighted by atomic mass is 10.2. The van der Waals surface area contributed by atoms with Crippen LogP contribution in [0.4, 0.5) is 18.9 Å². The van der Waals surface area contributed by atoms with Gasteiger partial charge in [0, 0.05) is 11.9 Å². The van der Waals surface area contributed by atoms with Crippen LogP contribution < -0.4 is 5.32 Å². The predicted molar refractivity (Wildman–Crippen MR) is 84.6 cm³/mol. The summed E-state index contributed by atoms with van der Waals surface area (Å²) in [5.74, 6) is -1.64. The molecule has 1 N–H and O–H groups in total. The van der Waals surface area contributed by atoms with Gasteiger partial charge in [0.05, 0.1) is 16.1 Å². The fraction of sp³-hybridized carbons (Fsp3) is 0.133. The monoisotopic (exact) mass is 392 g/mol. The zero-order valence-corrected chi connectivity index (χ0v) is 13.7. The maximum Gasteiger partial charge on any atom is 0.417 e. The van der Waals surface area contributed by atoms with Crippen molar-refractivity contribution < 1.29 is 27.5 Å². The van der Waals surface area contributed by atoms with Crippen molar-refractivity contribution in [2.24, 2.45) is 0 Å². The zero-order valence-electron chi connectivity index (χ0n) is 12.2. The van der Waals surface area contributed by atoms with Crippen molar-refractivity contribution in [3.8, 4) is 0 Å². The summed E-state index contributed by atoms with van der Waals surface area (Å²) in [5, 5.41) is 1.76. The molecule has 132 valence electrons. The van der Waals surface area contributed by atoms with Crippen LogP contribution in [0.1, 0.15) is 15.9 Å². The molecule has 1 heterocycles. The van der Waals surface area contributed by atoms with E-state index in [1.807, 2.05) is 0 Å². The molecule has 0 aliphatic rings. The molecular weight excluding hydrogens is 384 g/mol. The van der Waals surface area contributed by atoms with Gasteiger partial charge in [0.2, 0.25) is 0 Å². The molecule has 0 radical (unpaired) electrons. The minimum absolute atomic E-state index is 0.0692. The first-order chi connectivity index (χ1) is 11.7. The summed E-state index contributed by atoms with van der Waals surface area (Å²) in [4.78, 5) is 27.1. The molecule has 1 aromatic heterocycles. The molecule has 25 heavy (non-hydrogen) atoms. The number of ether oxygens (including phenoxy) is 1. The van der Waals surface area contributed by atoms with E-state index in [2.05, 4.69) is 10.3 Å². The molecule has 2 rings (SSSR count). The Kier molecular flexibility index (Phi) is 5.86. The molecule has 0 atom stereocenters. The number of anilines is 1. The number of hydrogen-bond acceptors (Lipinski definition) is 4. The number of halogens is 5. The lowest BCUT2D eigenvalue weighted by Crippen LogP contribution is -2.21. The van der Waals surface area contributed by atoms with E-state index in [0.717, 1.165) is 6.07 Å². The summed E-state index contributed by atoms with van der Waals surface area (Å²) in [7, 11) is 0. The van der Waals surface area contributed by atoms with Crippen LogP contribution in [0.15, 0.2) is 36.5 Å². The molecule has 10 heteroatoms. The number of nitrogens with one attached hydrogen (secondary N) is 1. The van der Waals surface area contributed by atoms with Crippen molar-refractivity contribution in [3.05, 3.63) is 57.8 Å². The molecular formula is C15H9Cl2F3N2O3. The summed E-state index contributed by atoms with van der Waals surface area (Å²) in [6.07, 6.45) is -3.38. The van der Waals surface area contributed by atoms with E-state index in [0.29, 0.717) is 6.07 Å². The highest BCUT2D eigenvalue weighted by molar-refractivity contribution is 6.31. The van der Waals surface area contributed by atoms with E-state index < -0.39 is 35.2 Å². The van der Waals surface area contributed by atoms with Gasteiger partial charge >= 0.3 is 12.1 Å². The molecule has 0 spiro atoms. The molecule has 0 bridgehead atoms. The summed E-state index contributed by atoms with van der Waals surface area (Å²) >= 11 is 11.1. The number of aromatic nitrogens is 1. The first-order valence-electron chi connectivity index (χ1n) is 6.62. The van der Waals surface area contributed by atoms with Crippen molar-refractivity contribution in [3.63, 3.8) is 0 Å². The SMILES string of the molecule is O=C(COC(=O)c1ccnc(Cl)c1)Nc1ccc(Cl)c(C(F)(F)F)c1. The Morgan fingerprint density at radius 3 is 2.52 bits per heavy atom. The van der Waals surface area contributed by atoms with Crippen LogP contribution in [0, 0.1) is 0 Å². The van der Waals surface area contributed by atoms with Crippen molar-refractivity contribution in [1.82, 2.24) is 4.98 Å². The molecule has 1 amide bonds. The number of benzene rings is 1. The second-order valence-electron chi connectivity index (χ2n) is 4.68. The van der Waals surface area contributed by atoms with Crippen LogP contribution in [-0.2, 0) is 15.7 Å². The first kappa shape index (κ1) is 19.0. The molecule has 0 saturated carbocycles. The van der Waals surface area contributed by atoms with Gasteiger partial charge in [0.25, 0.3) is 5.91 Å². The molecule has 0 aliphatic carbocycles. The predicted octanol–water partition coefficient (Wildman–Crippen LogP) is 4.20. The number of carbonyl (C=O) groups is 2. The van der Waals surface area contributed by atoms with Gasteiger partial charge in [-0.2, -0.15) is 13.2 Å². The minimum atomic E-state index is -4.66. The standard InChI is InChI=1S/C15H9Cl2F3N2O3/c16-11-2-1-9(6-10(11)15(18,19)20)22-13(23)7-25-14(24)8-3-4-21-12(17)5-8/h1-6H,7H2,(H,22,23). The molecule has 0 saturated heterocycles. The van der Waals surface area contributed by atoms with Gasteiger partial charge in [-0.25, -0.2) is 9.78 Å². The highest BCUT2D eigenvalue weighted by atomic mass is 35.5. The lowest BCUT2D eigenvalue weighted by molar-refractivity contribution is -0.137. The maximum atomic E-state index is 12.8. The number of alkyl halides is 3. The Bertz CT molecular complexity index is 813. The van der Waals surface area contributed by atoms with Gasteiger partial charge in [-0.05, 0) is 30.3 Å². The summed E-state index contributed by atoms with van der Waals surface area (Å²) < 4.78 is 43.0. The number of hydrogen-bond donors (Lipinski definition) is 1. The van der Waals surface area contributed by atoms with E-state index in [4.69, 9.17) is 27.9 Å². The number of rotatable bonds is 4. The normalized spacial score (nSPS) is 11.1. The van der Waals surface area contributed by atoms with Crippen LogP contribution in [0.25, 0.3) is 0 Å². The summed E-state index contributed by atoms with van der Waals surface area (Å²) in [6.45, 7) is -0.692. The van der Waals surface area contributed by atoms with Crippen LogP contribution in [0.3, 0.4) is 0 Å². The summed E-state index contributed by atoms with van der Waals surface area (Å²) in [6, 6.07) is 5.47. The quantitative estimate of drug-likeness (QED) is 0.625. The summed E-state index contributed by atoms with van der Waals surface area (Å²) in [5.41, 5.74) is -1.14. The number of amides is 1. The van der Waals surface area contributed by atoms with Crippen molar-refractivity contribution in [2.45, 2.75) is 6.18 Å². The van der Waals surface area contributed by atoms with Crippen LogP contribution in [-0.4, -0.2) is 23.5 Å². The van der Waals surface area contributed by atoms with E-state index >= 15 is 0 Å². The maximum absolute atomic E-state index is 12.8. The van der Waals surface area contributed by atoms with Crippen molar-refractivity contribution in [2.75, 3.05) is 11.9 Å². The minimum Gasteiger partial charge on any atom is -0.452 e. The van der Waals surface area contributed by atoms with Crippen molar-refractivity contribution in [1.29, 1.82) is 0 Å². The number of esters is 1. The third-order valence-corrected chi connectivity index (χ3v) is 3.39. The van der Waals surface area contributed by atoms with Gasteiger partial charge < -0.3 is 10.1 Å². The fourth-order valence-electron chi connectivity index (χ4n) is 1.76. The Labute approximate surface area is 149 Å². The average Bonchev–Trinajstić information content (AvgIpc) is 2.53. The topological polar surface area (TPSA) is 68.3 Å². The lowest BCUT2D eigenvalue weighted by Gasteiger charge is -2.12. The number of carbonyl (C=O) groups excluding carboxylic acids is 2. The average molecular weight is 393 g/mol. The third-order valence-electron chi connectivity index (χ3n) is 2.85. The van der Waals surface area contributed by atoms with Crippen LogP contribution in [0.2, 0.25) is 10.2 Å². The highest BCUT2D eigenvalue weighted by Crippen LogP contribution is 2.36. The Morgan fingerprint density at radius 1 is 1.16 bits per heavy atom. The first-order valence-corrected chi connectivity index (χ1v) is 7.37. The zero-order chi connectivity index (χ0) is 18.6. The molecule has 0 unspecified atom stereocenters. The molecule has 0 aliphatic heterocycles. The number of nitrogens with zero attached hydrogens (tertiary/aromatic N) is 1. The van der Waals surface area contributed by atoms with E-state index in [9.17, 15) is 22.8 Å². The molecule has 2 aromatic rings. The van der Waals surface area contributed by atoms with Crippen molar-refractivity contribution >= 4 is 40.8 Å². The largest absolute Gasteiger partial charge is 0.452 e. The van der Waals surface area contributed by atoms with Gasteiger partial charge in [-0.15, -0.1) is 0 Å². The van der Waals surface area contributed by atoms with Gasteiger partial charge in [-0.1, -0.05) is 23.2 Å². The van der Waals surface area contributed by atoms with Crippen LogP contribution >= 0.6 is 23.2 Å². The Hall–Kier alpha value is -2.32. The van der Waals surface area contributed by atoms with Gasteiger partial charge in [-0.3, -0.25) is 4.79 Å². The molecule has 5 nitrogen and oxygen atoms in total. The van der Waals surface area contributed by atoms with E-state index in [1.54, 1.807) is 0 Å². The third kappa shape index (κ3) is 5.33. The smallest absolute Gasteiger partial charge is 0.417 e. The molecule has 1 aromatic carbocycles. The Morgan fingerprint density at radius 2 is 1.88 bits per heavy atom. The van der Waals surface area contributed by atoms with Crippen LogP contribution in [0.5, 0.6) is 0 Å². The second kappa shape index (κ2) is 7.71. The van der Waals surface area contributed by atoms with E-state index in [1.165, 1.54) is 24.4 Å². The second-order valence-corrected chi connectivity index (χ2v) is 5.48. The number of pyridine rings is 1. The molecule has 0 fully saturated rings. The Balaban J connectivity index is 1.98. The highest BCUT2D eigenvalue weighted by Gasteiger charge is 2.33. The fourth-order valence-corrected chi connectivity index (χ4v) is 2.16. The van der Waals surface area contributed by atoms with Gasteiger partial charge in [0.1, 0.15) is 5.15 Å². The van der Waals surface area contributed by atoms with E-state index in [-0.39, 0.29) is 16.4 Å².